The Hall–Kier alpha value is -2.92. The van der Waals surface area contributed by atoms with Crippen molar-refractivity contribution in [2.75, 3.05) is 13.2 Å². The molecule has 0 radical (unpaired) electrons. The van der Waals surface area contributed by atoms with Crippen molar-refractivity contribution < 1.29 is 23.9 Å². The Bertz CT molecular complexity index is 685. The Morgan fingerprint density at radius 1 is 0.600 bits per heavy atom. The molecular formula is C20H18O5. The second kappa shape index (κ2) is 9.39. The van der Waals surface area contributed by atoms with Crippen molar-refractivity contribution in [1.82, 2.24) is 0 Å². The molecule has 0 amide bonds. The van der Waals surface area contributed by atoms with Crippen LogP contribution in [0, 0.1) is 0 Å². The Kier molecular flexibility index (Phi) is 6.92. The first-order valence-corrected chi connectivity index (χ1v) is 7.84. The fraction of sp³-hybridized carbons (Fsp3) is 0.200. The van der Waals surface area contributed by atoms with Gasteiger partial charge in [-0.2, -0.15) is 0 Å². The van der Waals surface area contributed by atoms with Crippen LogP contribution >= 0.6 is 0 Å². The molecule has 2 aromatic rings. The number of ether oxygens (including phenoxy) is 1. The summed E-state index contributed by atoms with van der Waals surface area (Å²) in [6, 6.07) is 17.0. The van der Waals surface area contributed by atoms with Crippen LogP contribution in [0.25, 0.3) is 0 Å². The molecule has 0 aliphatic carbocycles. The lowest BCUT2D eigenvalue weighted by atomic mass is 10.1. The molecule has 2 rings (SSSR count). The van der Waals surface area contributed by atoms with Crippen LogP contribution in [0.1, 0.15) is 33.6 Å². The van der Waals surface area contributed by atoms with Gasteiger partial charge in [-0.25, -0.2) is 0 Å². The van der Waals surface area contributed by atoms with Gasteiger partial charge in [0.2, 0.25) is 0 Å². The molecule has 25 heavy (non-hydrogen) atoms. The molecule has 0 heterocycles. The summed E-state index contributed by atoms with van der Waals surface area (Å²) in [6.45, 7) is -0.659. The van der Waals surface area contributed by atoms with E-state index in [9.17, 15) is 19.2 Å². The average molecular weight is 338 g/mol. The van der Waals surface area contributed by atoms with Crippen molar-refractivity contribution in [2.24, 2.45) is 0 Å². The summed E-state index contributed by atoms with van der Waals surface area (Å²) in [5.74, 6) is -1.40. The molecule has 128 valence electrons. The van der Waals surface area contributed by atoms with E-state index in [1.54, 1.807) is 60.7 Å². The van der Waals surface area contributed by atoms with Crippen molar-refractivity contribution in [3.63, 3.8) is 0 Å². The Labute approximate surface area is 145 Å². The van der Waals surface area contributed by atoms with Crippen LogP contribution in [0.15, 0.2) is 60.7 Å². The third kappa shape index (κ3) is 6.24. The monoisotopic (exact) mass is 338 g/mol. The molecule has 0 bridgehead atoms. The van der Waals surface area contributed by atoms with Crippen molar-refractivity contribution >= 4 is 23.1 Å². The van der Waals surface area contributed by atoms with E-state index in [1.807, 2.05) is 0 Å². The van der Waals surface area contributed by atoms with Gasteiger partial charge in [-0.1, -0.05) is 60.7 Å². The van der Waals surface area contributed by atoms with Crippen LogP contribution < -0.4 is 0 Å². The molecule has 0 aliphatic heterocycles. The lowest BCUT2D eigenvalue weighted by Gasteiger charge is -2.04. The highest BCUT2D eigenvalue weighted by Gasteiger charge is 2.14. The molecule has 0 unspecified atom stereocenters. The first-order valence-electron chi connectivity index (χ1n) is 7.84. The fourth-order valence-electron chi connectivity index (χ4n) is 2.19. The molecule has 5 heteroatoms. The van der Waals surface area contributed by atoms with Gasteiger partial charge in [0.25, 0.3) is 0 Å². The van der Waals surface area contributed by atoms with E-state index in [-0.39, 0.29) is 37.6 Å². The van der Waals surface area contributed by atoms with E-state index in [2.05, 4.69) is 0 Å². The molecule has 0 N–H and O–H groups in total. The minimum atomic E-state index is -0.406. The summed E-state index contributed by atoms with van der Waals surface area (Å²) in [6.07, 6.45) is -0.553. The summed E-state index contributed by atoms with van der Waals surface area (Å²) >= 11 is 0. The number of ketones is 4. The van der Waals surface area contributed by atoms with Crippen molar-refractivity contribution in [1.29, 1.82) is 0 Å². The van der Waals surface area contributed by atoms with Crippen LogP contribution in [0.3, 0.4) is 0 Å². The van der Waals surface area contributed by atoms with Gasteiger partial charge in [0.1, 0.15) is 13.2 Å². The van der Waals surface area contributed by atoms with Crippen LogP contribution in [0.5, 0.6) is 0 Å². The summed E-state index contributed by atoms with van der Waals surface area (Å²) < 4.78 is 5.03. The van der Waals surface area contributed by atoms with E-state index in [0.29, 0.717) is 11.1 Å². The second-order valence-corrected chi connectivity index (χ2v) is 5.50. The van der Waals surface area contributed by atoms with Crippen molar-refractivity contribution in [3.8, 4) is 0 Å². The molecule has 5 nitrogen and oxygen atoms in total. The molecule has 2 aromatic carbocycles. The lowest BCUT2D eigenvalue weighted by molar-refractivity contribution is -0.127. The van der Waals surface area contributed by atoms with E-state index < -0.39 is 11.6 Å². The standard InChI is InChI=1S/C20H18O5/c21-17(11-19(23)15-7-3-1-4-8-15)13-25-14-18(22)12-20(24)16-9-5-2-6-10-16/h1-10H,11-14H2. The summed E-state index contributed by atoms with van der Waals surface area (Å²) in [4.78, 5) is 47.2. The normalized spacial score (nSPS) is 10.2. The minimum absolute atomic E-state index is 0.277. The van der Waals surface area contributed by atoms with Gasteiger partial charge in [0.15, 0.2) is 23.1 Å². The highest BCUT2D eigenvalue weighted by atomic mass is 16.5. The Balaban J connectivity index is 1.69. The second-order valence-electron chi connectivity index (χ2n) is 5.50. The molecule has 0 fully saturated rings. The van der Waals surface area contributed by atoms with Crippen LogP contribution in [-0.4, -0.2) is 36.3 Å². The largest absolute Gasteiger partial charge is 0.366 e. The summed E-state index contributed by atoms with van der Waals surface area (Å²) in [5, 5.41) is 0. The van der Waals surface area contributed by atoms with Gasteiger partial charge in [-0.05, 0) is 0 Å². The first-order chi connectivity index (χ1) is 12.1. The highest BCUT2D eigenvalue weighted by Crippen LogP contribution is 2.05. The smallest absolute Gasteiger partial charge is 0.170 e. The number of Topliss-reactive ketones (excluding diaryl/α,β-unsaturated/α-hetero) is 4. The molecule has 0 spiro atoms. The maximum Gasteiger partial charge on any atom is 0.170 e. The third-order valence-electron chi connectivity index (χ3n) is 3.43. The maximum atomic E-state index is 11.9. The number of carbonyl (C=O) groups is 4. The zero-order chi connectivity index (χ0) is 18.1. The molecule has 0 atom stereocenters. The van der Waals surface area contributed by atoms with Crippen LogP contribution in [-0.2, 0) is 14.3 Å². The van der Waals surface area contributed by atoms with E-state index in [1.165, 1.54) is 0 Å². The molecular weight excluding hydrogens is 320 g/mol. The number of carbonyl (C=O) groups excluding carboxylic acids is 4. The molecule has 0 saturated carbocycles. The number of hydrogen-bond donors (Lipinski definition) is 0. The van der Waals surface area contributed by atoms with E-state index >= 15 is 0 Å². The molecule has 0 saturated heterocycles. The fourth-order valence-corrected chi connectivity index (χ4v) is 2.19. The average Bonchev–Trinajstić information content (AvgIpc) is 2.63. The van der Waals surface area contributed by atoms with E-state index in [0.717, 1.165) is 0 Å². The van der Waals surface area contributed by atoms with E-state index in [4.69, 9.17) is 4.74 Å². The summed E-state index contributed by atoms with van der Waals surface area (Å²) in [7, 11) is 0. The number of benzene rings is 2. The maximum absolute atomic E-state index is 11.9. The first kappa shape index (κ1) is 18.4. The Morgan fingerprint density at radius 2 is 0.960 bits per heavy atom. The highest BCUT2D eigenvalue weighted by molar-refractivity contribution is 6.09. The predicted molar refractivity (Wildman–Crippen MR) is 91.6 cm³/mol. The van der Waals surface area contributed by atoms with Crippen molar-refractivity contribution in [3.05, 3.63) is 71.8 Å². The third-order valence-corrected chi connectivity index (χ3v) is 3.43. The van der Waals surface area contributed by atoms with Gasteiger partial charge >= 0.3 is 0 Å². The predicted octanol–water partition coefficient (Wildman–Crippen LogP) is 2.69. The van der Waals surface area contributed by atoms with Gasteiger partial charge < -0.3 is 4.74 Å². The zero-order valence-electron chi connectivity index (χ0n) is 13.6. The van der Waals surface area contributed by atoms with Gasteiger partial charge in [-0.15, -0.1) is 0 Å². The van der Waals surface area contributed by atoms with Gasteiger partial charge in [0, 0.05) is 11.1 Å². The quantitative estimate of drug-likeness (QED) is 0.492. The zero-order valence-corrected chi connectivity index (χ0v) is 13.6. The number of hydrogen-bond acceptors (Lipinski definition) is 5. The minimum Gasteiger partial charge on any atom is -0.366 e. The summed E-state index contributed by atoms with van der Waals surface area (Å²) in [5.41, 5.74) is 0.917. The topological polar surface area (TPSA) is 77.5 Å². The molecule has 0 aliphatic rings. The van der Waals surface area contributed by atoms with Crippen LogP contribution in [0.4, 0.5) is 0 Å². The van der Waals surface area contributed by atoms with Gasteiger partial charge in [-0.3, -0.25) is 19.2 Å². The number of rotatable bonds is 10. The van der Waals surface area contributed by atoms with Crippen LogP contribution in [0.2, 0.25) is 0 Å². The Morgan fingerprint density at radius 3 is 1.32 bits per heavy atom. The van der Waals surface area contributed by atoms with Gasteiger partial charge in [0.05, 0.1) is 12.8 Å². The van der Waals surface area contributed by atoms with Crippen molar-refractivity contribution in [2.45, 2.75) is 12.8 Å². The lowest BCUT2D eigenvalue weighted by Crippen LogP contribution is -2.19. The SMILES string of the molecule is O=C(COCC(=O)CC(=O)c1ccccc1)CC(=O)c1ccccc1. The molecule has 0 aromatic heterocycles.